The Balaban J connectivity index is 1.25. The van der Waals surface area contributed by atoms with E-state index >= 15 is 0 Å². The van der Waals surface area contributed by atoms with Crippen molar-refractivity contribution in [3.8, 4) is 39.9 Å². The molecule has 0 aliphatic rings. The highest BCUT2D eigenvalue weighted by molar-refractivity contribution is 6.14. The molecule has 11 rings (SSSR count). The van der Waals surface area contributed by atoms with Crippen LogP contribution in [-0.2, 0) is 0 Å². The number of furan rings is 1. The molecule has 0 bridgehead atoms. The van der Waals surface area contributed by atoms with Crippen LogP contribution in [0.2, 0.25) is 0 Å². The van der Waals surface area contributed by atoms with Gasteiger partial charge in [-0.1, -0.05) is 115 Å². The van der Waals surface area contributed by atoms with Gasteiger partial charge in [0.2, 0.25) is 5.95 Å². The Labute approximate surface area is 297 Å². The highest BCUT2D eigenvalue weighted by atomic mass is 16.3. The lowest BCUT2D eigenvalue weighted by Crippen LogP contribution is -2.06. The van der Waals surface area contributed by atoms with Crippen molar-refractivity contribution in [2.45, 2.75) is 0 Å². The topological polar surface area (TPSA) is 69.6 Å². The van der Waals surface area contributed by atoms with Crippen LogP contribution >= 0.6 is 0 Å². The summed E-state index contributed by atoms with van der Waals surface area (Å²) in [6.45, 7) is 0. The van der Waals surface area contributed by atoms with Gasteiger partial charge in [0.1, 0.15) is 5.58 Å². The molecule has 11 aromatic rings. The zero-order chi connectivity index (χ0) is 34.2. The van der Waals surface area contributed by atoms with Gasteiger partial charge in [-0.2, -0.15) is 9.97 Å². The molecule has 0 aliphatic heterocycles. The first kappa shape index (κ1) is 28.6. The van der Waals surface area contributed by atoms with Gasteiger partial charge in [-0.3, -0.25) is 9.55 Å². The highest BCUT2D eigenvalue weighted by Crippen LogP contribution is 2.39. The fourth-order valence-corrected chi connectivity index (χ4v) is 7.81. The first-order valence-electron chi connectivity index (χ1n) is 17.3. The smallest absolute Gasteiger partial charge is 0.238 e. The lowest BCUT2D eigenvalue weighted by atomic mass is 9.97. The third-order valence-electron chi connectivity index (χ3n) is 10.2. The summed E-state index contributed by atoms with van der Waals surface area (Å²) in [5.41, 5.74) is 7.65. The SMILES string of the molecule is c1ccc(-c2ccc3c(c2)c2ccccc2n3-c2nc(-c3cc4ccccc4c4ccccc34)nc(-c3cccc4oc5cnccc5c34)n2)cc1. The van der Waals surface area contributed by atoms with E-state index in [0.29, 0.717) is 17.6 Å². The lowest BCUT2D eigenvalue weighted by molar-refractivity contribution is 0.667. The van der Waals surface area contributed by atoms with Crippen molar-refractivity contribution in [1.82, 2.24) is 24.5 Å². The molecule has 0 saturated carbocycles. The highest BCUT2D eigenvalue weighted by Gasteiger charge is 2.22. The van der Waals surface area contributed by atoms with Crippen molar-refractivity contribution < 1.29 is 4.42 Å². The van der Waals surface area contributed by atoms with Crippen LogP contribution in [0.3, 0.4) is 0 Å². The molecule has 7 aromatic carbocycles. The molecule has 6 heteroatoms. The number of rotatable bonds is 4. The largest absolute Gasteiger partial charge is 0.454 e. The fraction of sp³-hybridized carbons (Fsp3) is 0. The molecule has 0 radical (unpaired) electrons. The van der Waals surface area contributed by atoms with Crippen molar-refractivity contribution in [3.63, 3.8) is 0 Å². The molecule has 0 N–H and O–H groups in total. The summed E-state index contributed by atoms with van der Waals surface area (Å²) in [5, 5.41) is 8.72. The van der Waals surface area contributed by atoms with Crippen molar-refractivity contribution >= 4 is 65.3 Å². The van der Waals surface area contributed by atoms with Crippen LogP contribution < -0.4 is 0 Å². The second-order valence-electron chi connectivity index (χ2n) is 13.1. The third-order valence-corrected chi connectivity index (χ3v) is 10.2. The van der Waals surface area contributed by atoms with E-state index in [1.54, 1.807) is 12.4 Å². The number of benzene rings is 7. The number of pyridine rings is 1. The molecule has 6 nitrogen and oxygen atoms in total. The van der Waals surface area contributed by atoms with Gasteiger partial charge in [-0.15, -0.1) is 0 Å². The molecule has 0 saturated heterocycles. The molecule has 0 atom stereocenters. The van der Waals surface area contributed by atoms with Gasteiger partial charge in [0.15, 0.2) is 17.2 Å². The molecule has 0 spiro atoms. The molecule has 0 aliphatic carbocycles. The quantitative estimate of drug-likeness (QED) is 0.175. The van der Waals surface area contributed by atoms with Gasteiger partial charge >= 0.3 is 0 Å². The minimum Gasteiger partial charge on any atom is -0.454 e. The molecular formula is C46H27N5O. The van der Waals surface area contributed by atoms with Crippen molar-refractivity contribution in [3.05, 3.63) is 164 Å². The molecular weight excluding hydrogens is 639 g/mol. The molecule has 0 fully saturated rings. The maximum Gasteiger partial charge on any atom is 0.238 e. The predicted molar refractivity (Wildman–Crippen MR) is 211 cm³/mol. The van der Waals surface area contributed by atoms with Crippen molar-refractivity contribution in [2.75, 3.05) is 0 Å². The normalized spacial score (nSPS) is 11.8. The second-order valence-corrected chi connectivity index (χ2v) is 13.1. The van der Waals surface area contributed by atoms with Gasteiger partial charge in [0, 0.05) is 38.9 Å². The van der Waals surface area contributed by atoms with E-state index in [2.05, 4.69) is 137 Å². The Kier molecular flexibility index (Phi) is 6.15. The third kappa shape index (κ3) is 4.31. The Morgan fingerprint density at radius 3 is 2.06 bits per heavy atom. The molecule has 0 unspecified atom stereocenters. The van der Waals surface area contributed by atoms with Crippen LogP contribution in [0.25, 0.3) is 105 Å². The van der Waals surface area contributed by atoms with Crippen LogP contribution in [0.4, 0.5) is 0 Å². The first-order chi connectivity index (χ1) is 25.8. The second kappa shape index (κ2) is 11.2. The van der Waals surface area contributed by atoms with E-state index in [0.717, 1.165) is 76.6 Å². The Bertz CT molecular complexity index is 3200. The number of nitrogens with zero attached hydrogens (tertiary/aromatic N) is 5. The standard InChI is InChI=1S/C46H27N5O/c1-2-11-28(12-3-1)29-21-22-40-37(25-29)34-17-8-9-19-39(34)51(40)46-49-44(36-18-10-20-41-43(36)35-23-24-47-27-42(35)52-41)48-45(50-46)38-26-30-13-4-5-14-31(30)32-15-6-7-16-33(32)38/h1-27H. The number of hydrogen-bond acceptors (Lipinski definition) is 5. The lowest BCUT2D eigenvalue weighted by Gasteiger charge is -2.14. The summed E-state index contributed by atoms with van der Waals surface area (Å²) in [4.78, 5) is 20.3. The van der Waals surface area contributed by atoms with Crippen LogP contribution in [0.15, 0.2) is 168 Å². The van der Waals surface area contributed by atoms with E-state index in [1.807, 2.05) is 24.3 Å². The van der Waals surface area contributed by atoms with Crippen molar-refractivity contribution in [1.29, 1.82) is 0 Å². The number of aromatic nitrogens is 5. The minimum atomic E-state index is 0.544. The molecule has 52 heavy (non-hydrogen) atoms. The summed E-state index contributed by atoms with van der Waals surface area (Å²) in [6, 6.07) is 52.8. The minimum absolute atomic E-state index is 0.544. The zero-order valence-corrected chi connectivity index (χ0v) is 27.7. The average Bonchev–Trinajstić information content (AvgIpc) is 3.76. The summed E-state index contributed by atoms with van der Waals surface area (Å²) < 4.78 is 8.44. The molecule has 4 aromatic heterocycles. The van der Waals surface area contributed by atoms with E-state index in [9.17, 15) is 0 Å². The van der Waals surface area contributed by atoms with Gasteiger partial charge in [0.25, 0.3) is 0 Å². The summed E-state index contributed by atoms with van der Waals surface area (Å²) in [7, 11) is 0. The zero-order valence-electron chi connectivity index (χ0n) is 27.7. The number of para-hydroxylation sites is 1. The Morgan fingerprint density at radius 2 is 1.17 bits per heavy atom. The van der Waals surface area contributed by atoms with E-state index < -0.39 is 0 Å². The van der Waals surface area contributed by atoms with Crippen LogP contribution in [0, 0.1) is 0 Å². The van der Waals surface area contributed by atoms with Gasteiger partial charge < -0.3 is 4.42 Å². The predicted octanol–water partition coefficient (Wildman–Crippen LogP) is 11.6. The van der Waals surface area contributed by atoms with Crippen molar-refractivity contribution in [2.24, 2.45) is 0 Å². The first-order valence-corrected chi connectivity index (χ1v) is 17.3. The van der Waals surface area contributed by atoms with Crippen LogP contribution in [0.5, 0.6) is 0 Å². The van der Waals surface area contributed by atoms with E-state index in [4.69, 9.17) is 19.4 Å². The van der Waals surface area contributed by atoms with E-state index in [1.165, 1.54) is 10.9 Å². The maximum absolute atomic E-state index is 6.26. The van der Waals surface area contributed by atoms with Gasteiger partial charge in [-0.05, 0) is 69.1 Å². The van der Waals surface area contributed by atoms with Crippen LogP contribution in [-0.4, -0.2) is 24.5 Å². The Hall–Kier alpha value is -7.18. The number of fused-ring (bicyclic) bond motifs is 9. The monoisotopic (exact) mass is 665 g/mol. The number of hydrogen-bond donors (Lipinski definition) is 0. The maximum atomic E-state index is 6.26. The van der Waals surface area contributed by atoms with Gasteiger partial charge in [0.05, 0.1) is 17.2 Å². The Morgan fingerprint density at radius 1 is 0.442 bits per heavy atom. The molecule has 0 amide bonds. The average molecular weight is 666 g/mol. The van der Waals surface area contributed by atoms with E-state index in [-0.39, 0.29) is 0 Å². The summed E-state index contributed by atoms with van der Waals surface area (Å²) >= 11 is 0. The molecule has 242 valence electrons. The fourth-order valence-electron chi connectivity index (χ4n) is 7.81. The van der Waals surface area contributed by atoms with Crippen LogP contribution in [0.1, 0.15) is 0 Å². The summed E-state index contributed by atoms with van der Waals surface area (Å²) in [5.74, 6) is 1.71. The molecule has 4 heterocycles. The summed E-state index contributed by atoms with van der Waals surface area (Å²) in [6.07, 6.45) is 3.55. The van der Waals surface area contributed by atoms with Gasteiger partial charge in [-0.25, -0.2) is 4.98 Å².